The van der Waals surface area contributed by atoms with E-state index in [2.05, 4.69) is 0 Å². The van der Waals surface area contributed by atoms with E-state index in [0.29, 0.717) is 13.1 Å². The van der Waals surface area contributed by atoms with Crippen LogP contribution in [0.15, 0.2) is 0 Å². The number of rotatable bonds is 1. The van der Waals surface area contributed by atoms with Gasteiger partial charge in [0.2, 0.25) is 0 Å². The lowest BCUT2D eigenvalue weighted by molar-refractivity contribution is -0.194. The molecule has 1 unspecified atom stereocenters. The average Bonchev–Trinajstić information content (AvgIpc) is 2.76. The Labute approximate surface area is 111 Å². The molecule has 1 saturated carbocycles. The molecular weight excluding hydrogens is 257 g/mol. The summed E-state index contributed by atoms with van der Waals surface area (Å²) in [6.45, 7) is 1.57. The largest absolute Gasteiger partial charge is 0.415 e. The van der Waals surface area contributed by atoms with Crippen molar-refractivity contribution in [3.63, 3.8) is 0 Å². The molecule has 2 rings (SSSR count). The van der Waals surface area contributed by atoms with Gasteiger partial charge in [0.1, 0.15) is 0 Å². The number of alkyl halides is 3. The number of hydrogen-bond acceptors (Lipinski definition) is 2. The Morgan fingerprint density at radius 1 is 1.11 bits per heavy atom. The van der Waals surface area contributed by atoms with Crippen molar-refractivity contribution in [3.8, 4) is 0 Å². The number of nitrogens with two attached hydrogens (primary N) is 1. The molecule has 1 aliphatic carbocycles. The molecule has 19 heavy (non-hydrogen) atoms. The van der Waals surface area contributed by atoms with Crippen LogP contribution in [0.3, 0.4) is 0 Å². The van der Waals surface area contributed by atoms with E-state index in [1.807, 2.05) is 0 Å². The van der Waals surface area contributed by atoms with Gasteiger partial charge in [0.15, 0.2) is 5.54 Å². The van der Waals surface area contributed by atoms with Crippen LogP contribution in [-0.4, -0.2) is 35.6 Å². The molecule has 2 fully saturated rings. The van der Waals surface area contributed by atoms with Gasteiger partial charge < -0.3 is 10.6 Å². The molecule has 1 atom stereocenters. The zero-order valence-electron chi connectivity index (χ0n) is 11.2. The highest BCUT2D eigenvalue weighted by molar-refractivity contribution is 5.86. The molecule has 2 N–H and O–H groups in total. The molecule has 110 valence electrons. The first-order valence-electron chi connectivity index (χ1n) is 6.83. The fourth-order valence-electron chi connectivity index (χ4n) is 3.26. The molecule has 0 aromatic rings. The summed E-state index contributed by atoms with van der Waals surface area (Å²) in [6.07, 6.45) is 1.62. The van der Waals surface area contributed by atoms with E-state index in [-0.39, 0.29) is 5.41 Å². The van der Waals surface area contributed by atoms with Crippen LogP contribution < -0.4 is 5.73 Å². The van der Waals surface area contributed by atoms with Gasteiger partial charge in [0.05, 0.1) is 0 Å². The number of likely N-dealkylation sites (tertiary alicyclic amines) is 1. The summed E-state index contributed by atoms with van der Waals surface area (Å²) in [7, 11) is 0. The molecule has 1 heterocycles. The molecular formula is C13H21F3N2O. The second-order valence-electron chi connectivity index (χ2n) is 6.20. The molecule has 1 aliphatic heterocycles. The quantitative estimate of drug-likeness (QED) is 0.801. The van der Waals surface area contributed by atoms with Gasteiger partial charge in [0, 0.05) is 13.1 Å². The van der Waals surface area contributed by atoms with Gasteiger partial charge in [-0.3, -0.25) is 4.79 Å². The monoisotopic (exact) mass is 278 g/mol. The Bertz CT molecular complexity index is 349. The summed E-state index contributed by atoms with van der Waals surface area (Å²) in [6, 6.07) is 0. The summed E-state index contributed by atoms with van der Waals surface area (Å²) in [4.78, 5) is 13.2. The van der Waals surface area contributed by atoms with Gasteiger partial charge in [-0.05, 0) is 38.0 Å². The number of halogens is 3. The first-order chi connectivity index (χ1) is 8.68. The molecule has 0 aromatic carbocycles. The topological polar surface area (TPSA) is 46.3 Å². The molecule has 0 radical (unpaired) electrons. The summed E-state index contributed by atoms with van der Waals surface area (Å²) < 4.78 is 38.3. The zero-order valence-corrected chi connectivity index (χ0v) is 11.2. The van der Waals surface area contributed by atoms with Crippen molar-refractivity contribution in [2.75, 3.05) is 13.1 Å². The number of amides is 1. The number of nitrogens with zero attached hydrogens (tertiary/aromatic N) is 1. The van der Waals surface area contributed by atoms with E-state index < -0.39 is 17.6 Å². The van der Waals surface area contributed by atoms with E-state index in [9.17, 15) is 18.0 Å². The van der Waals surface area contributed by atoms with Crippen LogP contribution in [0.1, 0.15) is 45.4 Å². The molecule has 0 bridgehead atoms. The maximum absolute atomic E-state index is 12.8. The summed E-state index contributed by atoms with van der Waals surface area (Å²) >= 11 is 0. The Balaban J connectivity index is 1.99. The van der Waals surface area contributed by atoms with Gasteiger partial charge in [-0.2, -0.15) is 13.2 Å². The molecule has 3 nitrogen and oxygen atoms in total. The van der Waals surface area contributed by atoms with Crippen LogP contribution in [0.2, 0.25) is 0 Å². The maximum atomic E-state index is 12.8. The van der Waals surface area contributed by atoms with E-state index in [1.165, 1.54) is 17.7 Å². The number of carbonyl (C=O) groups is 1. The maximum Gasteiger partial charge on any atom is 0.415 e. The highest BCUT2D eigenvalue weighted by atomic mass is 19.4. The number of carbonyl (C=O) groups excluding carboxylic acids is 1. The molecule has 1 spiro atoms. The lowest BCUT2D eigenvalue weighted by atomic mass is 9.77. The minimum absolute atomic E-state index is 0.278. The van der Waals surface area contributed by atoms with Gasteiger partial charge in [-0.15, -0.1) is 0 Å². The van der Waals surface area contributed by atoms with Crippen molar-refractivity contribution in [3.05, 3.63) is 0 Å². The Hall–Kier alpha value is -0.780. The third kappa shape index (κ3) is 2.59. The summed E-state index contributed by atoms with van der Waals surface area (Å²) in [5.41, 5.74) is 2.70. The van der Waals surface area contributed by atoms with Gasteiger partial charge >= 0.3 is 6.18 Å². The minimum Gasteiger partial charge on any atom is -0.341 e. The zero-order chi connectivity index (χ0) is 14.3. The van der Waals surface area contributed by atoms with Crippen molar-refractivity contribution >= 4 is 5.91 Å². The van der Waals surface area contributed by atoms with Crippen LogP contribution in [-0.2, 0) is 4.79 Å². The molecule has 6 heteroatoms. The highest BCUT2D eigenvalue weighted by Crippen LogP contribution is 2.46. The van der Waals surface area contributed by atoms with Crippen molar-refractivity contribution < 1.29 is 18.0 Å². The Morgan fingerprint density at radius 2 is 1.58 bits per heavy atom. The van der Waals surface area contributed by atoms with Crippen LogP contribution >= 0.6 is 0 Å². The third-order valence-electron chi connectivity index (χ3n) is 4.81. The lowest BCUT2D eigenvalue weighted by Gasteiger charge is -2.42. The van der Waals surface area contributed by atoms with Gasteiger partial charge in [-0.25, -0.2) is 0 Å². The fourth-order valence-corrected chi connectivity index (χ4v) is 3.26. The Kier molecular flexibility index (Phi) is 3.58. The van der Waals surface area contributed by atoms with Crippen LogP contribution in [0.5, 0.6) is 0 Å². The van der Waals surface area contributed by atoms with Crippen LogP contribution in [0.4, 0.5) is 13.2 Å². The first-order valence-corrected chi connectivity index (χ1v) is 6.83. The summed E-state index contributed by atoms with van der Waals surface area (Å²) in [5, 5.41) is 0. The van der Waals surface area contributed by atoms with Crippen molar-refractivity contribution in [2.24, 2.45) is 11.1 Å². The van der Waals surface area contributed by atoms with Crippen LogP contribution in [0.25, 0.3) is 0 Å². The molecule has 1 saturated heterocycles. The van der Waals surface area contributed by atoms with E-state index in [4.69, 9.17) is 5.73 Å². The lowest BCUT2D eigenvalue weighted by Crippen LogP contribution is -2.63. The number of piperidine rings is 1. The normalized spacial score (nSPS) is 26.5. The predicted molar refractivity (Wildman–Crippen MR) is 65.4 cm³/mol. The van der Waals surface area contributed by atoms with Crippen LogP contribution in [0, 0.1) is 5.41 Å². The molecule has 2 aliphatic rings. The SMILES string of the molecule is CC(N)(C(=O)N1CCC2(CCCC2)CC1)C(F)(F)F. The molecule has 1 amide bonds. The van der Waals surface area contributed by atoms with Crippen molar-refractivity contribution in [1.29, 1.82) is 0 Å². The predicted octanol–water partition coefficient (Wildman–Crippen LogP) is 2.45. The second kappa shape index (κ2) is 4.65. The summed E-state index contributed by atoms with van der Waals surface area (Å²) in [5.74, 6) is -0.993. The van der Waals surface area contributed by atoms with Crippen molar-refractivity contribution in [2.45, 2.75) is 57.2 Å². The third-order valence-corrected chi connectivity index (χ3v) is 4.81. The van der Waals surface area contributed by atoms with E-state index in [0.717, 1.165) is 32.6 Å². The van der Waals surface area contributed by atoms with E-state index in [1.54, 1.807) is 0 Å². The molecule has 0 aromatic heterocycles. The highest BCUT2D eigenvalue weighted by Gasteiger charge is 2.56. The fraction of sp³-hybridized carbons (Fsp3) is 0.923. The number of hydrogen-bond donors (Lipinski definition) is 1. The van der Waals surface area contributed by atoms with Gasteiger partial charge in [0.25, 0.3) is 5.91 Å². The standard InChI is InChI=1S/C13H21F3N2O/c1-11(17,13(14,15)16)10(19)18-8-6-12(7-9-18)4-2-3-5-12/h2-9,17H2,1H3. The first kappa shape index (κ1) is 14.6. The minimum atomic E-state index is -4.70. The second-order valence-corrected chi connectivity index (χ2v) is 6.20. The van der Waals surface area contributed by atoms with Gasteiger partial charge in [-0.1, -0.05) is 12.8 Å². The van der Waals surface area contributed by atoms with Crippen molar-refractivity contribution in [1.82, 2.24) is 4.90 Å². The average molecular weight is 278 g/mol. The Morgan fingerprint density at radius 3 is 2.00 bits per heavy atom. The smallest absolute Gasteiger partial charge is 0.341 e. The van der Waals surface area contributed by atoms with E-state index >= 15 is 0 Å².